The first-order chi connectivity index (χ1) is 12.9. The number of carbonyl (C=O) groups excluding carboxylic acids is 2. The fourth-order valence-corrected chi connectivity index (χ4v) is 3.45. The van der Waals surface area contributed by atoms with E-state index in [-0.39, 0.29) is 31.3 Å². The molecule has 2 aromatic rings. The second-order valence-electron chi connectivity index (χ2n) is 7.13. The molecule has 3 rings (SSSR count). The number of likely N-dealkylation sites (N-methyl/N-ethyl adjacent to an activating group) is 1. The van der Waals surface area contributed by atoms with Crippen molar-refractivity contribution in [3.63, 3.8) is 0 Å². The standard InChI is InChI=1S/C21H24N2O4/c1-22(14-20(25)23-10-4-7-18(13-23)21(26)27)19(24)12-15-8-9-16-5-2-3-6-17(16)11-15/h2-3,5-6,8-9,11,18H,4,7,10,12-14H2,1H3,(H,26,27). The Morgan fingerprint density at radius 2 is 1.89 bits per heavy atom. The quantitative estimate of drug-likeness (QED) is 0.877. The zero-order valence-corrected chi connectivity index (χ0v) is 15.4. The van der Waals surface area contributed by atoms with Gasteiger partial charge in [-0.05, 0) is 29.2 Å². The topological polar surface area (TPSA) is 77.9 Å². The van der Waals surface area contributed by atoms with E-state index in [2.05, 4.69) is 0 Å². The number of fused-ring (bicyclic) bond motifs is 1. The van der Waals surface area contributed by atoms with Gasteiger partial charge in [-0.1, -0.05) is 42.5 Å². The highest BCUT2D eigenvalue weighted by Crippen LogP contribution is 2.18. The molecule has 6 heteroatoms. The number of aliphatic carboxylic acids is 1. The number of carboxylic acids is 1. The first-order valence-electron chi connectivity index (χ1n) is 9.16. The monoisotopic (exact) mass is 368 g/mol. The highest BCUT2D eigenvalue weighted by molar-refractivity contribution is 5.88. The van der Waals surface area contributed by atoms with Gasteiger partial charge in [0.15, 0.2) is 0 Å². The minimum atomic E-state index is -0.867. The fourth-order valence-electron chi connectivity index (χ4n) is 3.45. The van der Waals surface area contributed by atoms with E-state index in [0.29, 0.717) is 19.4 Å². The number of rotatable bonds is 5. The van der Waals surface area contributed by atoms with Gasteiger partial charge in [-0.25, -0.2) is 0 Å². The Morgan fingerprint density at radius 1 is 1.15 bits per heavy atom. The van der Waals surface area contributed by atoms with Crippen LogP contribution >= 0.6 is 0 Å². The molecule has 27 heavy (non-hydrogen) atoms. The Balaban J connectivity index is 1.58. The number of carbonyl (C=O) groups is 3. The minimum Gasteiger partial charge on any atom is -0.481 e. The number of benzene rings is 2. The van der Waals surface area contributed by atoms with Gasteiger partial charge < -0.3 is 14.9 Å². The summed E-state index contributed by atoms with van der Waals surface area (Å²) in [5.74, 6) is -1.71. The van der Waals surface area contributed by atoms with Crippen LogP contribution in [0, 0.1) is 5.92 Å². The predicted octanol–water partition coefficient (Wildman–Crippen LogP) is 2.16. The molecule has 1 unspecified atom stereocenters. The van der Waals surface area contributed by atoms with E-state index < -0.39 is 11.9 Å². The molecule has 1 aliphatic rings. The molecular weight excluding hydrogens is 344 g/mol. The Morgan fingerprint density at radius 3 is 2.63 bits per heavy atom. The first kappa shape index (κ1) is 18.9. The van der Waals surface area contributed by atoms with Crippen LogP contribution in [0.1, 0.15) is 18.4 Å². The van der Waals surface area contributed by atoms with E-state index in [1.165, 1.54) is 4.90 Å². The third kappa shape index (κ3) is 4.64. The van der Waals surface area contributed by atoms with Crippen LogP contribution in [-0.4, -0.2) is 59.4 Å². The maximum absolute atomic E-state index is 12.5. The van der Waals surface area contributed by atoms with E-state index in [1.54, 1.807) is 11.9 Å². The normalized spacial score (nSPS) is 16.9. The van der Waals surface area contributed by atoms with Gasteiger partial charge in [0, 0.05) is 20.1 Å². The molecular formula is C21H24N2O4. The summed E-state index contributed by atoms with van der Waals surface area (Å²) in [6, 6.07) is 13.9. The maximum Gasteiger partial charge on any atom is 0.308 e. The summed E-state index contributed by atoms with van der Waals surface area (Å²) in [7, 11) is 1.61. The summed E-state index contributed by atoms with van der Waals surface area (Å²) in [4.78, 5) is 39.1. The SMILES string of the molecule is CN(CC(=O)N1CCCC(C(=O)O)C1)C(=O)Cc1ccc2ccccc2c1. The van der Waals surface area contributed by atoms with Gasteiger partial charge in [-0.3, -0.25) is 14.4 Å². The van der Waals surface area contributed by atoms with Gasteiger partial charge in [-0.15, -0.1) is 0 Å². The molecule has 6 nitrogen and oxygen atoms in total. The van der Waals surface area contributed by atoms with Crippen LogP contribution in [-0.2, 0) is 20.8 Å². The molecule has 1 N–H and O–H groups in total. The van der Waals surface area contributed by atoms with Crippen molar-refractivity contribution in [2.45, 2.75) is 19.3 Å². The lowest BCUT2D eigenvalue weighted by Gasteiger charge is -2.32. The largest absolute Gasteiger partial charge is 0.481 e. The first-order valence-corrected chi connectivity index (χ1v) is 9.16. The molecule has 0 radical (unpaired) electrons. The number of hydrogen-bond donors (Lipinski definition) is 1. The van der Waals surface area contributed by atoms with Crippen LogP contribution in [0.3, 0.4) is 0 Å². The Labute approximate surface area is 158 Å². The van der Waals surface area contributed by atoms with Gasteiger partial charge in [0.05, 0.1) is 18.9 Å². The fraction of sp³-hybridized carbons (Fsp3) is 0.381. The number of hydrogen-bond acceptors (Lipinski definition) is 3. The minimum absolute atomic E-state index is 0.0290. The Bertz CT molecular complexity index is 864. The predicted molar refractivity (Wildman–Crippen MR) is 102 cm³/mol. The van der Waals surface area contributed by atoms with Gasteiger partial charge in [0.1, 0.15) is 0 Å². The second kappa shape index (κ2) is 8.20. The van der Waals surface area contributed by atoms with Crippen LogP contribution < -0.4 is 0 Å². The third-order valence-electron chi connectivity index (χ3n) is 5.09. The van der Waals surface area contributed by atoms with Gasteiger partial charge in [0.2, 0.25) is 11.8 Å². The van der Waals surface area contributed by atoms with Crippen molar-refractivity contribution in [3.05, 3.63) is 48.0 Å². The van der Waals surface area contributed by atoms with E-state index in [9.17, 15) is 14.4 Å². The molecule has 0 bridgehead atoms. The van der Waals surface area contributed by atoms with Crippen LogP contribution in [0.2, 0.25) is 0 Å². The molecule has 0 aromatic heterocycles. The molecule has 0 aliphatic carbocycles. The molecule has 1 fully saturated rings. The molecule has 1 atom stereocenters. The van der Waals surface area contributed by atoms with Crippen molar-refractivity contribution >= 4 is 28.6 Å². The molecule has 2 aromatic carbocycles. The maximum atomic E-state index is 12.5. The van der Waals surface area contributed by atoms with E-state index in [4.69, 9.17) is 5.11 Å². The molecule has 0 spiro atoms. The highest BCUT2D eigenvalue weighted by Gasteiger charge is 2.28. The second-order valence-corrected chi connectivity index (χ2v) is 7.13. The van der Waals surface area contributed by atoms with E-state index >= 15 is 0 Å². The number of piperidine rings is 1. The van der Waals surface area contributed by atoms with Gasteiger partial charge in [-0.2, -0.15) is 0 Å². The number of nitrogens with zero attached hydrogens (tertiary/aromatic N) is 2. The van der Waals surface area contributed by atoms with Crippen molar-refractivity contribution < 1.29 is 19.5 Å². The van der Waals surface area contributed by atoms with Crippen molar-refractivity contribution in [3.8, 4) is 0 Å². The number of amides is 2. The lowest BCUT2D eigenvalue weighted by molar-refractivity contribution is -0.147. The van der Waals surface area contributed by atoms with Gasteiger partial charge in [0.25, 0.3) is 0 Å². The summed E-state index contributed by atoms with van der Waals surface area (Å²) in [6.45, 7) is 0.745. The molecule has 1 aliphatic heterocycles. The van der Waals surface area contributed by atoms with Crippen LogP contribution in [0.15, 0.2) is 42.5 Å². The van der Waals surface area contributed by atoms with Crippen LogP contribution in [0.4, 0.5) is 0 Å². The molecule has 0 saturated carbocycles. The number of likely N-dealkylation sites (tertiary alicyclic amines) is 1. The van der Waals surface area contributed by atoms with Crippen molar-refractivity contribution in [1.82, 2.24) is 9.80 Å². The molecule has 1 heterocycles. The molecule has 1 saturated heterocycles. The summed E-state index contributed by atoms with van der Waals surface area (Å²) in [6.07, 6.45) is 1.50. The van der Waals surface area contributed by atoms with E-state index in [1.807, 2.05) is 42.5 Å². The molecule has 142 valence electrons. The van der Waals surface area contributed by atoms with Crippen LogP contribution in [0.25, 0.3) is 10.8 Å². The lowest BCUT2D eigenvalue weighted by atomic mass is 9.98. The average Bonchev–Trinajstić information content (AvgIpc) is 2.67. The van der Waals surface area contributed by atoms with Crippen molar-refractivity contribution in [1.29, 1.82) is 0 Å². The Kier molecular flexibility index (Phi) is 5.74. The summed E-state index contributed by atoms with van der Waals surface area (Å²) in [5.41, 5.74) is 0.905. The average molecular weight is 368 g/mol. The highest BCUT2D eigenvalue weighted by atomic mass is 16.4. The summed E-state index contributed by atoms with van der Waals surface area (Å²) in [5, 5.41) is 11.3. The zero-order valence-electron chi connectivity index (χ0n) is 15.4. The smallest absolute Gasteiger partial charge is 0.308 e. The summed E-state index contributed by atoms with van der Waals surface area (Å²) < 4.78 is 0. The van der Waals surface area contributed by atoms with Crippen LogP contribution in [0.5, 0.6) is 0 Å². The van der Waals surface area contributed by atoms with Crippen molar-refractivity contribution in [2.24, 2.45) is 5.92 Å². The Hall–Kier alpha value is -2.89. The van der Waals surface area contributed by atoms with Gasteiger partial charge >= 0.3 is 5.97 Å². The molecule has 2 amide bonds. The summed E-state index contributed by atoms with van der Waals surface area (Å²) >= 11 is 0. The lowest BCUT2D eigenvalue weighted by Crippen LogP contribution is -2.47. The third-order valence-corrected chi connectivity index (χ3v) is 5.09. The zero-order chi connectivity index (χ0) is 19.4. The van der Waals surface area contributed by atoms with E-state index in [0.717, 1.165) is 16.3 Å². The van der Waals surface area contributed by atoms with Crippen molar-refractivity contribution in [2.75, 3.05) is 26.7 Å². The number of carboxylic acid groups (broad SMARTS) is 1.